The van der Waals surface area contributed by atoms with Crippen LogP contribution in [-0.4, -0.2) is 32.9 Å². The predicted molar refractivity (Wildman–Crippen MR) is 99.1 cm³/mol. The van der Waals surface area contributed by atoms with Gasteiger partial charge in [-0.2, -0.15) is 5.10 Å². The van der Waals surface area contributed by atoms with Crippen LogP contribution in [0, 0.1) is 6.92 Å². The number of thioether (sulfide) groups is 1. The van der Waals surface area contributed by atoms with Gasteiger partial charge in [-0.15, -0.1) is 11.8 Å². The molecule has 1 aromatic carbocycles. The molecule has 0 radical (unpaired) electrons. The second kappa shape index (κ2) is 7.57. The third kappa shape index (κ3) is 3.93. The molecule has 2 heterocycles. The molecule has 0 atom stereocenters. The van der Waals surface area contributed by atoms with Gasteiger partial charge >= 0.3 is 0 Å². The number of benzene rings is 1. The van der Waals surface area contributed by atoms with Crippen molar-refractivity contribution in [1.29, 1.82) is 0 Å². The first-order valence-electron chi connectivity index (χ1n) is 8.03. The average Bonchev–Trinajstić information content (AvgIpc) is 3.11. The second-order valence-electron chi connectivity index (χ2n) is 5.72. The number of carbonyl (C=O) groups is 1. The van der Waals surface area contributed by atoms with E-state index in [9.17, 15) is 9.59 Å². The van der Waals surface area contributed by atoms with Crippen molar-refractivity contribution in [2.75, 3.05) is 12.8 Å². The zero-order chi connectivity index (χ0) is 17.8. The molecule has 130 valence electrons. The van der Waals surface area contributed by atoms with Crippen LogP contribution in [0.25, 0.3) is 5.52 Å². The summed E-state index contributed by atoms with van der Waals surface area (Å²) in [6, 6.07) is 11.8. The van der Waals surface area contributed by atoms with Crippen molar-refractivity contribution in [2.24, 2.45) is 0 Å². The zero-order valence-corrected chi connectivity index (χ0v) is 15.0. The molecule has 2 aromatic heterocycles. The number of carbonyl (C=O) groups excluding carboxylic acids is 1. The quantitative estimate of drug-likeness (QED) is 0.685. The summed E-state index contributed by atoms with van der Waals surface area (Å²) in [5, 5.41) is 7.05. The summed E-state index contributed by atoms with van der Waals surface area (Å²) in [6.07, 6.45) is 4.57. The fourth-order valence-electron chi connectivity index (χ4n) is 2.68. The monoisotopic (exact) mass is 356 g/mol. The number of hydrogen-bond donors (Lipinski definition) is 1. The molecule has 0 fully saturated rings. The number of hydrogen-bond acceptors (Lipinski definition) is 4. The molecular weight excluding hydrogens is 336 g/mol. The fourth-order valence-corrected chi connectivity index (χ4v) is 3.08. The first kappa shape index (κ1) is 17.3. The molecule has 7 heteroatoms. The lowest BCUT2D eigenvalue weighted by molar-refractivity contribution is -0.121. The van der Waals surface area contributed by atoms with Crippen LogP contribution in [0.1, 0.15) is 11.4 Å². The molecule has 0 saturated carbocycles. The van der Waals surface area contributed by atoms with E-state index >= 15 is 0 Å². The Morgan fingerprint density at radius 1 is 1.24 bits per heavy atom. The van der Waals surface area contributed by atoms with E-state index in [-0.39, 0.29) is 18.0 Å². The Morgan fingerprint density at radius 2 is 2.00 bits per heavy atom. The highest BCUT2D eigenvalue weighted by molar-refractivity contribution is 7.98. The number of nitrogens with one attached hydrogen (secondary N) is 1. The van der Waals surface area contributed by atoms with Crippen molar-refractivity contribution in [3.8, 4) is 0 Å². The number of nitrogens with zero attached hydrogens (tertiary/aromatic N) is 3. The summed E-state index contributed by atoms with van der Waals surface area (Å²) in [5.41, 5.74) is 1.42. The standard InChI is InChI=1S/C18H20N4O2S/c1-13-20-22(18(24)16-4-3-11-21(13)16)12-17(23)19-10-9-14-5-7-15(25-2)8-6-14/h3-8,11H,9-10,12H2,1-2H3,(H,19,23). The molecule has 25 heavy (non-hydrogen) atoms. The zero-order valence-electron chi connectivity index (χ0n) is 14.2. The molecular formula is C18H20N4O2S. The SMILES string of the molecule is CSc1ccc(CCNC(=O)Cn2nc(C)n3cccc3c2=O)cc1. The van der Waals surface area contributed by atoms with Crippen LogP contribution in [0.4, 0.5) is 0 Å². The van der Waals surface area contributed by atoms with Crippen LogP contribution in [0.15, 0.2) is 52.3 Å². The summed E-state index contributed by atoms with van der Waals surface area (Å²) in [4.78, 5) is 25.7. The van der Waals surface area contributed by atoms with Gasteiger partial charge < -0.3 is 5.32 Å². The lowest BCUT2D eigenvalue weighted by Crippen LogP contribution is -2.35. The van der Waals surface area contributed by atoms with Gasteiger partial charge in [0.2, 0.25) is 5.91 Å². The molecule has 0 aliphatic rings. The average molecular weight is 356 g/mol. The van der Waals surface area contributed by atoms with E-state index in [0.717, 1.165) is 6.42 Å². The van der Waals surface area contributed by atoms with Crippen molar-refractivity contribution >= 4 is 23.2 Å². The van der Waals surface area contributed by atoms with Crippen LogP contribution in [-0.2, 0) is 17.8 Å². The molecule has 0 aliphatic heterocycles. The van der Waals surface area contributed by atoms with Gasteiger partial charge in [0.1, 0.15) is 17.9 Å². The maximum Gasteiger partial charge on any atom is 0.291 e. The molecule has 3 aromatic rings. The number of rotatable bonds is 6. The summed E-state index contributed by atoms with van der Waals surface area (Å²) in [6.45, 7) is 2.25. The smallest absolute Gasteiger partial charge is 0.291 e. The van der Waals surface area contributed by atoms with Gasteiger partial charge in [0.15, 0.2) is 0 Å². The summed E-state index contributed by atoms with van der Waals surface area (Å²) in [5.74, 6) is 0.451. The van der Waals surface area contributed by atoms with E-state index in [4.69, 9.17) is 0 Å². The lowest BCUT2D eigenvalue weighted by Gasteiger charge is -2.09. The van der Waals surface area contributed by atoms with Gasteiger partial charge in [0.05, 0.1) is 0 Å². The molecule has 1 N–H and O–H groups in total. The van der Waals surface area contributed by atoms with Gasteiger partial charge in [-0.3, -0.25) is 14.0 Å². The molecule has 6 nitrogen and oxygen atoms in total. The number of fused-ring (bicyclic) bond motifs is 1. The second-order valence-corrected chi connectivity index (χ2v) is 6.60. The lowest BCUT2D eigenvalue weighted by atomic mass is 10.1. The van der Waals surface area contributed by atoms with Gasteiger partial charge in [-0.25, -0.2) is 4.68 Å². The van der Waals surface area contributed by atoms with Gasteiger partial charge in [0.25, 0.3) is 5.56 Å². The van der Waals surface area contributed by atoms with Crippen molar-refractivity contribution < 1.29 is 4.79 Å². The highest BCUT2D eigenvalue weighted by Crippen LogP contribution is 2.14. The first-order chi connectivity index (χ1) is 12.1. The van der Waals surface area contributed by atoms with E-state index in [0.29, 0.717) is 17.9 Å². The van der Waals surface area contributed by atoms with E-state index in [1.807, 2.05) is 6.26 Å². The summed E-state index contributed by atoms with van der Waals surface area (Å²) < 4.78 is 2.93. The minimum absolute atomic E-state index is 0.0766. The van der Waals surface area contributed by atoms with Crippen LogP contribution in [0.3, 0.4) is 0 Å². The molecule has 0 spiro atoms. The fraction of sp³-hybridized carbons (Fsp3) is 0.278. The highest BCUT2D eigenvalue weighted by Gasteiger charge is 2.10. The van der Waals surface area contributed by atoms with Crippen LogP contribution < -0.4 is 10.9 Å². The summed E-state index contributed by atoms with van der Waals surface area (Å²) >= 11 is 1.70. The third-order valence-corrected chi connectivity index (χ3v) is 4.75. The number of aryl methyl sites for hydroxylation is 1. The molecule has 0 unspecified atom stereocenters. The normalized spacial score (nSPS) is 11.0. The highest BCUT2D eigenvalue weighted by atomic mass is 32.2. The topological polar surface area (TPSA) is 68.4 Å². The Balaban J connectivity index is 1.59. The minimum Gasteiger partial charge on any atom is -0.354 e. The van der Waals surface area contributed by atoms with E-state index in [1.165, 1.54) is 15.1 Å². The Kier molecular flexibility index (Phi) is 5.23. The molecule has 0 aliphatic carbocycles. The largest absolute Gasteiger partial charge is 0.354 e. The number of aromatic nitrogens is 3. The molecule has 1 amide bonds. The van der Waals surface area contributed by atoms with E-state index in [1.54, 1.807) is 41.4 Å². The maximum atomic E-state index is 12.3. The molecule has 3 rings (SSSR count). The Bertz CT molecular complexity index is 944. The Hall–Kier alpha value is -2.54. The van der Waals surface area contributed by atoms with Crippen molar-refractivity contribution in [2.45, 2.75) is 24.8 Å². The van der Waals surface area contributed by atoms with Gasteiger partial charge in [0, 0.05) is 17.6 Å². The predicted octanol–water partition coefficient (Wildman–Crippen LogP) is 1.89. The first-order valence-corrected chi connectivity index (χ1v) is 9.25. The Labute approximate surface area is 149 Å². The van der Waals surface area contributed by atoms with E-state index < -0.39 is 0 Å². The van der Waals surface area contributed by atoms with Crippen LogP contribution in [0.2, 0.25) is 0 Å². The molecule has 0 saturated heterocycles. The molecule has 0 bridgehead atoms. The van der Waals surface area contributed by atoms with Crippen LogP contribution in [0.5, 0.6) is 0 Å². The van der Waals surface area contributed by atoms with Crippen molar-refractivity contribution in [3.63, 3.8) is 0 Å². The number of amides is 1. The third-order valence-electron chi connectivity index (χ3n) is 4.00. The maximum absolute atomic E-state index is 12.3. The van der Waals surface area contributed by atoms with Crippen LogP contribution >= 0.6 is 11.8 Å². The summed E-state index contributed by atoms with van der Waals surface area (Å²) in [7, 11) is 0. The van der Waals surface area contributed by atoms with Gasteiger partial charge in [-0.1, -0.05) is 12.1 Å². The van der Waals surface area contributed by atoms with Crippen molar-refractivity contribution in [3.05, 3.63) is 64.3 Å². The van der Waals surface area contributed by atoms with E-state index in [2.05, 4.69) is 34.7 Å². The minimum atomic E-state index is -0.265. The van der Waals surface area contributed by atoms with Crippen molar-refractivity contribution in [1.82, 2.24) is 19.5 Å². The van der Waals surface area contributed by atoms with Gasteiger partial charge in [-0.05, 0) is 49.4 Å². The Morgan fingerprint density at radius 3 is 2.72 bits per heavy atom.